The minimum atomic E-state index is -0.392. The predicted octanol–water partition coefficient (Wildman–Crippen LogP) is 0.557. The van der Waals surface area contributed by atoms with Crippen LogP contribution in [-0.2, 0) is 19.1 Å². The van der Waals surface area contributed by atoms with Gasteiger partial charge in [-0.2, -0.15) is 4.98 Å². The SMILES string of the molecule is COC(=O)C1CCN(C(=O)CN2CCC(NC(=O)c3cc(Cl)c(N)nc3OC)C(OC)C2)CC1. The fraction of sp³-hybridized carbons (Fsp3) is 0.636. The number of hydrogen-bond donors (Lipinski definition) is 2. The average Bonchev–Trinajstić information content (AvgIpc) is 2.85. The predicted molar refractivity (Wildman–Crippen MR) is 125 cm³/mol. The lowest BCUT2D eigenvalue weighted by molar-refractivity contribution is -0.149. The Labute approximate surface area is 203 Å². The first-order valence-electron chi connectivity index (χ1n) is 11.2. The van der Waals surface area contributed by atoms with Crippen LogP contribution in [0.3, 0.4) is 0 Å². The van der Waals surface area contributed by atoms with Crippen molar-refractivity contribution in [3.05, 3.63) is 16.7 Å². The van der Waals surface area contributed by atoms with E-state index >= 15 is 0 Å². The molecule has 0 saturated carbocycles. The molecule has 2 fully saturated rings. The van der Waals surface area contributed by atoms with E-state index in [9.17, 15) is 14.4 Å². The van der Waals surface area contributed by atoms with Crippen LogP contribution in [-0.4, -0.2) is 98.8 Å². The van der Waals surface area contributed by atoms with Gasteiger partial charge < -0.3 is 30.2 Å². The molecule has 2 saturated heterocycles. The summed E-state index contributed by atoms with van der Waals surface area (Å²) >= 11 is 6.03. The first kappa shape index (κ1) is 26.0. The molecule has 2 unspecified atom stereocenters. The quantitative estimate of drug-likeness (QED) is 0.517. The number of likely N-dealkylation sites (tertiary alicyclic amines) is 2. The van der Waals surface area contributed by atoms with Crippen LogP contribution in [0.5, 0.6) is 5.88 Å². The highest BCUT2D eigenvalue weighted by atomic mass is 35.5. The summed E-state index contributed by atoms with van der Waals surface area (Å²) < 4.78 is 15.6. The highest BCUT2D eigenvalue weighted by Crippen LogP contribution is 2.26. The zero-order valence-electron chi connectivity index (χ0n) is 19.7. The molecule has 3 N–H and O–H groups in total. The van der Waals surface area contributed by atoms with Crippen LogP contribution < -0.4 is 15.8 Å². The maximum absolute atomic E-state index is 12.9. The number of hydrogen-bond acceptors (Lipinski definition) is 9. The number of amides is 2. The van der Waals surface area contributed by atoms with Gasteiger partial charge in [-0.3, -0.25) is 19.3 Å². The third-order valence-corrected chi connectivity index (χ3v) is 6.71. The number of anilines is 1. The van der Waals surface area contributed by atoms with E-state index in [0.717, 1.165) is 0 Å². The summed E-state index contributed by atoms with van der Waals surface area (Å²) in [7, 11) is 4.36. The molecule has 0 aromatic carbocycles. The largest absolute Gasteiger partial charge is 0.480 e. The zero-order chi connectivity index (χ0) is 24.8. The first-order valence-corrected chi connectivity index (χ1v) is 11.6. The minimum absolute atomic E-state index is 0.0213. The number of rotatable bonds is 7. The maximum atomic E-state index is 12.9. The molecule has 3 rings (SSSR count). The van der Waals surface area contributed by atoms with E-state index in [1.54, 1.807) is 12.0 Å². The van der Waals surface area contributed by atoms with Gasteiger partial charge in [-0.05, 0) is 25.3 Å². The third-order valence-electron chi connectivity index (χ3n) is 6.41. The number of nitrogens with one attached hydrogen (secondary N) is 1. The van der Waals surface area contributed by atoms with Crippen molar-refractivity contribution in [1.29, 1.82) is 0 Å². The molecular weight excluding hydrogens is 466 g/mol. The Morgan fingerprint density at radius 3 is 2.50 bits per heavy atom. The molecule has 3 heterocycles. The second-order valence-corrected chi connectivity index (χ2v) is 8.88. The number of esters is 1. The van der Waals surface area contributed by atoms with Crippen molar-refractivity contribution in [2.75, 3.05) is 59.8 Å². The number of nitrogen functional groups attached to an aromatic ring is 1. The van der Waals surface area contributed by atoms with Crippen molar-refractivity contribution in [2.24, 2.45) is 5.92 Å². The van der Waals surface area contributed by atoms with E-state index in [1.807, 2.05) is 4.90 Å². The first-order chi connectivity index (χ1) is 16.3. The smallest absolute Gasteiger partial charge is 0.308 e. The summed E-state index contributed by atoms with van der Waals surface area (Å²) in [5.41, 5.74) is 5.88. The van der Waals surface area contributed by atoms with Crippen LogP contribution in [0.1, 0.15) is 29.6 Å². The number of carbonyl (C=O) groups is 3. The molecule has 188 valence electrons. The summed E-state index contributed by atoms with van der Waals surface area (Å²) in [5.74, 6) is -0.557. The molecule has 0 bridgehead atoms. The number of pyridine rings is 1. The van der Waals surface area contributed by atoms with E-state index < -0.39 is 5.91 Å². The lowest BCUT2D eigenvalue weighted by Crippen LogP contribution is -2.56. The van der Waals surface area contributed by atoms with Crippen LogP contribution in [0, 0.1) is 5.92 Å². The molecule has 2 amide bonds. The summed E-state index contributed by atoms with van der Waals surface area (Å²) in [6, 6.07) is 1.16. The Balaban J connectivity index is 1.54. The van der Waals surface area contributed by atoms with Crippen molar-refractivity contribution < 1.29 is 28.6 Å². The van der Waals surface area contributed by atoms with E-state index in [4.69, 9.17) is 31.5 Å². The van der Waals surface area contributed by atoms with E-state index in [2.05, 4.69) is 10.3 Å². The van der Waals surface area contributed by atoms with Gasteiger partial charge in [0.2, 0.25) is 11.8 Å². The Bertz CT molecular complexity index is 908. The van der Waals surface area contributed by atoms with Gasteiger partial charge in [-0.25, -0.2) is 0 Å². The highest BCUT2D eigenvalue weighted by Gasteiger charge is 2.34. The normalized spacial score (nSPS) is 21.7. The number of ether oxygens (including phenoxy) is 3. The fourth-order valence-electron chi connectivity index (χ4n) is 4.40. The van der Waals surface area contributed by atoms with Crippen molar-refractivity contribution >= 4 is 35.2 Å². The summed E-state index contributed by atoms with van der Waals surface area (Å²) in [4.78, 5) is 45.2. The van der Waals surface area contributed by atoms with Crippen LogP contribution in [0.4, 0.5) is 5.82 Å². The van der Waals surface area contributed by atoms with Crippen molar-refractivity contribution in [3.63, 3.8) is 0 Å². The lowest BCUT2D eigenvalue weighted by Gasteiger charge is -2.39. The van der Waals surface area contributed by atoms with Gasteiger partial charge in [-0.1, -0.05) is 11.6 Å². The Morgan fingerprint density at radius 2 is 1.88 bits per heavy atom. The van der Waals surface area contributed by atoms with Gasteiger partial charge in [0.25, 0.3) is 5.91 Å². The number of aromatic nitrogens is 1. The van der Waals surface area contributed by atoms with Gasteiger partial charge in [0.1, 0.15) is 11.4 Å². The van der Waals surface area contributed by atoms with Gasteiger partial charge >= 0.3 is 5.97 Å². The summed E-state index contributed by atoms with van der Waals surface area (Å²) in [5, 5.41) is 3.13. The van der Waals surface area contributed by atoms with Crippen LogP contribution in [0.2, 0.25) is 5.02 Å². The van der Waals surface area contributed by atoms with E-state index in [0.29, 0.717) is 45.4 Å². The topological polar surface area (TPSA) is 136 Å². The molecule has 0 radical (unpaired) electrons. The van der Waals surface area contributed by atoms with Gasteiger partial charge in [0.15, 0.2) is 0 Å². The molecule has 1 aromatic heterocycles. The van der Waals surface area contributed by atoms with Gasteiger partial charge in [0.05, 0.1) is 43.9 Å². The molecule has 11 nitrogen and oxygen atoms in total. The third kappa shape index (κ3) is 6.08. The maximum Gasteiger partial charge on any atom is 0.308 e. The number of methoxy groups -OCH3 is 3. The zero-order valence-corrected chi connectivity index (χ0v) is 20.5. The van der Waals surface area contributed by atoms with E-state index in [-0.39, 0.29) is 58.8 Å². The molecule has 2 aliphatic rings. The Hall–Kier alpha value is -2.63. The second kappa shape index (κ2) is 11.7. The van der Waals surface area contributed by atoms with Crippen molar-refractivity contribution in [3.8, 4) is 5.88 Å². The molecule has 0 spiro atoms. The summed E-state index contributed by atoms with van der Waals surface area (Å²) in [6.45, 7) is 2.45. The Kier molecular flexibility index (Phi) is 8.92. The molecule has 0 aliphatic carbocycles. The van der Waals surface area contributed by atoms with Gasteiger partial charge in [-0.15, -0.1) is 0 Å². The number of nitrogens with zero attached hydrogens (tertiary/aromatic N) is 3. The van der Waals surface area contributed by atoms with Crippen LogP contribution in [0.25, 0.3) is 0 Å². The number of piperidine rings is 2. The molecule has 1 aromatic rings. The number of nitrogens with two attached hydrogens (primary N) is 1. The molecule has 12 heteroatoms. The number of carbonyl (C=O) groups excluding carboxylic acids is 3. The Morgan fingerprint density at radius 1 is 1.18 bits per heavy atom. The number of halogens is 1. The van der Waals surface area contributed by atoms with Crippen LogP contribution >= 0.6 is 11.6 Å². The minimum Gasteiger partial charge on any atom is -0.480 e. The van der Waals surface area contributed by atoms with Crippen LogP contribution in [0.15, 0.2) is 6.07 Å². The van der Waals surface area contributed by atoms with Crippen molar-refractivity contribution in [1.82, 2.24) is 20.1 Å². The van der Waals surface area contributed by atoms with E-state index in [1.165, 1.54) is 20.3 Å². The average molecular weight is 498 g/mol. The molecule has 34 heavy (non-hydrogen) atoms. The van der Waals surface area contributed by atoms with Gasteiger partial charge in [0, 0.05) is 33.3 Å². The standard InChI is InChI=1S/C22H32ClN5O6/c1-32-17-11-27(12-18(29)28-8-4-13(5-9-28)22(31)34-3)7-6-16(17)25-20(30)14-10-15(23)19(24)26-21(14)33-2/h10,13,16-17H,4-9,11-12H2,1-3H3,(H2,24,26)(H,25,30). The lowest BCUT2D eigenvalue weighted by atomic mass is 9.97. The fourth-order valence-corrected chi connectivity index (χ4v) is 4.55. The molecular formula is C22H32ClN5O6. The highest BCUT2D eigenvalue weighted by molar-refractivity contribution is 6.33. The monoisotopic (exact) mass is 497 g/mol. The molecule has 2 atom stereocenters. The van der Waals surface area contributed by atoms with Crippen molar-refractivity contribution in [2.45, 2.75) is 31.4 Å². The molecule has 2 aliphatic heterocycles. The summed E-state index contributed by atoms with van der Waals surface area (Å²) in [6.07, 6.45) is 1.51. The second-order valence-electron chi connectivity index (χ2n) is 8.47.